The molecule has 104 valence electrons. The van der Waals surface area contributed by atoms with E-state index in [0.29, 0.717) is 5.75 Å². The molecule has 3 aromatic carbocycles. The van der Waals surface area contributed by atoms with Crippen LogP contribution in [0.25, 0.3) is 11.1 Å². The van der Waals surface area contributed by atoms with Gasteiger partial charge in [0, 0.05) is 5.92 Å². The van der Waals surface area contributed by atoms with Gasteiger partial charge in [0.15, 0.2) is 0 Å². The average Bonchev–Trinajstić information content (AvgIpc) is 2.55. The minimum atomic E-state index is 0.251. The van der Waals surface area contributed by atoms with Crippen molar-refractivity contribution in [2.45, 2.75) is 12.8 Å². The standard InChI is InChI=1S/C20H18O/c1-15(16-8-4-2-5-9-16)18-12-19(14-20(21)13-18)17-10-6-3-7-11-17/h2-15,21H,1H3. The van der Waals surface area contributed by atoms with Gasteiger partial charge in [-0.25, -0.2) is 0 Å². The fraction of sp³-hybridized carbons (Fsp3) is 0.100. The Morgan fingerprint density at radius 3 is 1.95 bits per heavy atom. The van der Waals surface area contributed by atoms with Gasteiger partial charge in [0.2, 0.25) is 0 Å². The highest BCUT2D eigenvalue weighted by Crippen LogP contribution is 2.31. The Morgan fingerprint density at radius 1 is 0.667 bits per heavy atom. The zero-order valence-corrected chi connectivity index (χ0v) is 12.0. The smallest absolute Gasteiger partial charge is 0.116 e. The predicted octanol–water partition coefficient (Wildman–Crippen LogP) is 5.21. The predicted molar refractivity (Wildman–Crippen MR) is 87.5 cm³/mol. The van der Waals surface area contributed by atoms with Gasteiger partial charge in [-0.2, -0.15) is 0 Å². The number of aromatic hydroxyl groups is 1. The van der Waals surface area contributed by atoms with Crippen LogP contribution in [0.4, 0.5) is 0 Å². The first-order valence-electron chi connectivity index (χ1n) is 7.18. The molecule has 0 fully saturated rings. The summed E-state index contributed by atoms with van der Waals surface area (Å²) in [6.45, 7) is 2.17. The molecule has 0 bridgehead atoms. The van der Waals surface area contributed by atoms with Crippen molar-refractivity contribution in [2.24, 2.45) is 0 Å². The number of benzene rings is 3. The van der Waals surface area contributed by atoms with Crippen LogP contribution in [0.5, 0.6) is 5.75 Å². The lowest BCUT2D eigenvalue weighted by Crippen LogP contribution is -1.96. The molecule has 1 heteroatoms. The first-order chi connectivity index (χ1) is 10.2. The Labute approximate surface area is 125 Å². The molecule has 3 rings (SSSR count). The highest BCUT2D eigenvalue weighted by atomic mass is 16.3. The maximum atomic E-state index is 10.1. The SMILES string of the molecule is CC(c1ccccc1)c1cc(O)cc(-c2ccccc2)c1. The first kappa shape index (κ1) is 13.4. The van der Waals surface area contributed by atoms with Crippen LogP contribution in [0, 0.1) is 0 Å². The van der Waals surface area contributed by atoms with Gasteiger partial charge in [0.05, 0.1) is 0 Å². The van der Waals surface area contributed by atoms with Crippen molar-refractivity contribution in [3.05, 3.63) is 90.0 Å². The topological polar surface area (TPSA) is 20.2 Å². The van der Waals surface area contributed by atoms with E-state index in [9.17, 15) is 5.11 Å². The third-order valence-corrected chi connectivity index (χ3v) is 3.85. The van der Waals surface area contributed by atoms with E-state index in [1.807, 2.05) is 48.5 Å². The van der Waals surface area contributed by atoms with E-state index in [2.05, 4.69) is 37.3 Å². The Balaban J connectivity index is 2.02. The number of hydrogen-bond donors (Lipinski definition) is 1. The second-order valence-corrected chi connectivity index (χ2v) is 5.31. The summed E-state index contributed by atoms with van der Waals surface area (Å²) in [4.78, 5) is 0. The average molecular weight is 274 g/mol. The number of phenols is 1. The van der Waals surface area contributed by atoms with Crippen molar-refractivity contribution >= 4 is 0 Å². The monoisotopic (exact) mass is 274 g/mol. The van der Waals surface area contributed by atoms with Gasteiger partial charge in [-0.1, -0.05) is 73.7 Å². The molecule has 0 heterocycles. The largest absolute Gasteiger partial charge is 0.508 e. The summed E-state index contributed by atoms with van der Waals surface area (Å²) in [5.74, 6) is 0.565. The molecule has 21 heavy (non-hydrogen) atoms. The second kappa shape index (κ2) is 5.84. The van der Waals surface area contributed by atoms with Gasteiger partial charge in [-0.15, -0.1) is 0 Å². The van der Waals surface area contributed by atoms with E-state index >= 15 is 0 Å². The Kier molecular flexibility index (Phi) is 3.74. The third-order valence-electron chi connectivity index (χ3n) is 3.85. The number of phenolic OH excluding ortho intramolecular Hbond substituents is 1. The molecule has 1 atom stereocenters. The zero-order valence-electron chi connectivity index (χ0n) is 12.0. The van der Waals surface area contributed by atoms with Gasteiger partial charge in [0.25, 0.3) is 0 Å². The molecule has 1 unspecified atom stereocenters. The quantitative estimate of drug-likeness (QED) is 0.695. The highest BCUT2D eigenvalue weighted by molar-refractivity contribution is 5.66. The molecule has 0 spiro atoms. The molecule has 0 amide bonds. The molecule has 0 aromatic heterocycles. The molecule has 0 saturated heterocycles. The fourth-order valence-corrected chi connectivity index (χ4v) is 2.62. The number of rotatable bonds is 3. The van der Waals surface area contributed by atoms with Gasteiger partial charge in [0.1, 0.15) is 5.75 Å². The van der Waals surface area contributed by atoms with Crippen LogP contribution in [0.3, 0.4) is 0 Å². The normalized spacial score (nSPS) is 12.0. The third kappa shape index (κ3) is 2.97. The molecule has 0 radical (unpaired) electrons. The van der Waals surface area contributed by atoms with Crippen LogP contribution in [0.2, 0.25) is 0 Å². The fourth-order valence-electron chi connectivity index (χ4n) is 2.62. The summed E-state index contributed by atoms with van der Waals surface area (Å²) < 4.78 is 0. The second-order valence-electron chi connectivity index (χ2n) is 5.31. The van der Waals surface area contributed by atoms with Gasteiger partial charge >= 0.3 is 0 Å². The minimum absolute atomic E-state index is 0.251. The lowest BCUT2D eigenvalue weighted by Gasteiger charge is -2.14. The molecule has 1 N–H and O–H groups in total. The molecule has 0 saturated carbocycles. The Morgan fingerprint density at radius 2 is 1.29 bits per heavy atom. The molecular formula is C20H18O. The molecule has 3 aromatic rings. The van der Waals surface area contributed by atoms with E-state index in [0.717, 1.165) is 16.7 Å². The summed E-state index contributed by atoms with van der Waals surface area (Å²) in [5.41, 5.74) is 4.55. The Hall–Kier alpha value is -2.54. The van der Waals surface area contributed by atoms with Crippen molar-refractivity contribution in [2.75, 3.05) is 0 Å². The summed E-state index contributed by atoms with van der Waals surface area (Å²) >= 11 is 0. The highest BCUT2D eigenvalue weighted by Gasteiger charge is 2.11. The molecular weight excluding hydrogens is 256 g/mol. The minimum Gasteiger partial charge on any atom is -0.508 e. The van der Waals surface area contributed by atoms with Crippen molar-refractivity contribution in [3.8, 4) is 16.9 Å². The van der Waals surface area contributed by atoms with Crippen LogP contribution < -0.4 is 0 Å². The van der Waals surface area contributed by atoms with Gasteiger partial charge < -0.3 is 5.11 Å². The summed E-state index contributed by atoms with van der Waals surface area (Å²) in [5, 5.41) is 10.1. The summed E-state index contributed by atoms with van der Waals surface area (Å²) in [7, 11) is 0. The molecule has 1 nitrogen and oxygen atoms in total. The maximum absolute atomic E-state index is 10.1. The molecule has 0 aliphatic carbocycles. The van der Waals surface area contributed by atoms with Gasteiger partial charge in [-0.05, 0) is 34.4 Å². The lowest BCUT2D eigenvalue weighted by atomic mass is 9.90. The van der Waals surface area contributed by atoms with Gasteiger partial charge in [-0.3, -0.25) is 0 Å². The van der Waals surface area contributed by atoms with Crippen molar-refractivity contribution in [1.29, 1.82) is 0 Å². The molecule has 0 aliphatic heterocycles. The van der Waals surface area contributed by atoms with Crippen LogP contribution in [-0.2, 0) is 0 Å². The van der Waals surface area contributed by atoms with Crippen LogP contribution >= 0.6 is 0 Å². The number of hydrogen-bond acceptors (Lipinski definition) is 1. The van der Waals surface area contributed by atoms with E-state index in [4.69, 9.17) is 0 Å². The maximum Gasteiger partial charge on any atom is 0.116 e. The zero-order chi connectivity index (χ0) is 14.7. The van der Waals surface area contributed by atoms with E-state index in [-0.39, 0.29) is 5.92 Å². The lowest BCUT2D eigenvalue weighted by molar-refractivity contribution is 0.474. The molecule has 0 aliphatic rings. The van der Waals surface area contributed by atoms with Crippen LogP contribution in [0.15, 0.2) is 78.9 Å². The van der Waals surface area contributed by atoms with E-state index < -0.39 is 0 Å². The summed E-state index contributed by atoms with van der Waals surface area (Å²) in [6, 6.07) is 26.3. The first-order valence-corrected chi connectivity index (χ1v) is 7.18. The Bertz CT molecular complexity index is 717. The van der Waals surface area contributed by atoms with Crippen molar-refractivity contribution < 1.29 is 5.11 Å². The van der Waals surface area contributed by atoms with E-state index in [1.165, 1.54) is 5.56 Å². The van der Waals surface area contributed by atoms with Crippen molar-refractivity contribution in [1.82, 2.24) is 0 Å². The van der Waals surface area contributed by atoms with Crippen molar-refractivity contribution in [3.63, 3.8) is 0 Å². The van der Waals surface area contributed by atoms with E-state index in [1.54, 1.807) is 0 Å². The van der Waals surface area contributed by atoms with Crippen LogP contribution in [0.1, 0.15) is 24.0 Å². The summed E-state index contributed by atoms with van der Waals surface area (Å²) in [6.07, 6.45) is 0. The van der Waals surface area contributed by atoms with Crippen LogP contribution in [-0.4, -0.2) is 5.11 Å².